The lowest BCUT2D eigenvalue weighted by Gasteiger charge is -2.42. The minimum atomic E-state index is -3.08. The number of hydrogen-bond acceptors (Lipinski definition) is 10. The molecule has 266 valence electrons. The van der Waals surface area contributed by atoms with E-state index in [0.717, 1.165) is 43.9 Å². The van der Waals surface area contributed by atoms with Gasteiger partial charge in [-0.2, -0.15) is 19.0 Å². The van der Waals surface area contributed by atoms with Gasteiger partial charge in [0.05, 0.1) is 18.4 Å². The van der Waals surface area contributed by atoms with Gasteiger partial charge < -0.3 is 19.9 Å². The van der Waals surface area contributed by atoms with Crippen molar-refractivity contribution >= 4 is 40.8 Å². The Hall–Kier alpha value is -4.61. The average molecular weight is 711 g/mol. The number of amides is 3. The number of anilines is 1. The number of hydrogen-bond donors (Lipinski definition) is 1. The molecule has 17 heteroatoms. The minimum Gasteiger partial charge on any atom is -0.434 e. The first kappa shape index (κ1) is 35.2. The maximum absolute atomic E-state index is 13.6. The van der Waals surface area contributed by atoms with Gasteiger partial charge in [0.2, 0.25) is 11.8 Å². The molecule has 2 saturated heterocycles. The standard InChI is InChI=1S/C33H40F2N10O4S/c1-40(2)28(46)20-41-13-15-42(16-14-41)22-7-11-43(12-8-22)29(47)21-44-19-26(38-32(48)25-18-37-45-10-4-9-36-31(25)45)30(39-44)24-17-23(50-3)5-6-27(24)49-33(34)35/h4-6,9-10,17-19,22,33H,7-8,11-16,20-21H2,1-3H3,(H,38,48). The molecule has 3 aromatic heterocycles. The van der Waals surface area contributed by atoms with E-state index >= 15 is 0 Å². The Labute approximate surface area is 292 Å². The number of likely N-dealkylation sites (tertiary alicyclic amines) is 1. The molecule has 2 aliphatic rings. The van der Waals surface area contributed by atoms with Gasteiger partial charge in [0, 0.05) is 88.5 Å². The third kappa shape index (κ3) is 8.05. The molecule has 1 aromatic carbocycles. The van der Waals surface area contributed by atoms with Gasteiger partial charge in [0.25, 0.3) is 5.91 Å². The van der Waals surface area contributed by atoms with Crippen LogP contribution in [0.5, 0.6) is 5.75 Å². The van der Waals surface area contributed by atoms with Crippen LogP contribution in [0.1, 0.15) is 23.2 Å². The molecule has 0 atom stereocenters. The molecule has 2 aliphatic heterocycles. The minimum absolute atomic E-state index is 0.101. The highest BCUT2D eigenvalue weighted by Crippen LogP contribution is 2.38. The lowest BCUT2D eigenvalue weighted by molar-refractivity contribution is -0.133. The fraction of sp³-hybridized carbons (Fsp3) is 0.455. The highest BCUT2D eigenvalue weighted by atomic mass is 32.2. The van der Waals surface area contributed by atoms with E-state index in [0.29, 0.717) is 31.3 Å². The number of ether oxygens (including phenoxy) is 1. The number of halogens is 2. The predicted octanol–water partition coefficient (Wildman–Crippen LogP) is 2.87. The van der Waals surface area contributed by atoms with Gasteiger partial charge in [-0.15, -0.1) is 11.8 Å². The van der Waals surface area contributed by atoms with E-state index in [-0.39, 0.29) is 46.6 Å². The van der Waals surface area contributed by atoms with Gasteiger partial charge in [0.1, 0.15) is 23.6 Å². The summed E-state index contributed by atoms with van der Waals surface area (Å²) < 4.78 is 34.6. The number of rotatable bonds is 11. The summed E-state index contributed by atoms with van der Waals surface area (Å²) in [6.07, 6.45) is 9.63. The molecular formula is C33H40F2N10O4S. The highest BCUT2D eigenvalue weighted by Gasteiger charge is 2.30. The van der Waals surface area contributed by atoms with E-state index in [2.05, 4.69) is 30.3 Å². The molecule has 3 amide bonds. The third-order valence-corrected chi connectivity index (χ3v) is 9.81. The molecule has 0 unspecified atom stereocenters. The van der Waals surface area contributed by atoms with Crippen molar-refractivity contribution < 1.29 is 27.9 Å². The van der Waals surface area contributed by atoms with E-state index in [9.17, 15) is 23.2 Å². The van der Waals surface area contributed by atoms with Gasteiger partial charge in [-0.3, -0.25) is 28.9 Å². The average Bonchev–Trinajstić information content (AvgIpc) is 3.72. The molecule has 0 radical (unpaired) electrons. The number of piperazine rings is 1. The van der Waals surface area contributed by atoms with Crippen LogP contribution in [-0.2, 0) is 16.1 Å². The topological polar surface area (TPSA) is 133 Å². The van der Waals surface area contributed by atoms with Crippen LogP contribution in [0.2, 0.25) is 0 Å². The summed E-state index contributed by atoms with van der Waals surface area (Å²) in [7, 11) is 3.54. The van der Waals surface area contributed by atoms with Crippen LogP contribution in [0, 0.1) is 0 Å². The molecule has 50 heavy (non-hydrogen) atoms. The molecule has 4 aromatic rings. The second kappa shape index (κ2) is 15.5. The number of aromatic nitrogens is 5. The van der Waals surface area contributed by atoms with Crippen LogP contribution >= 0.6 is 11.8 Å². The van der Waals surface area contributed by atoms with Gasteiger partial charge >= 0.3 is 6.61 Å². The van der Waals surface area contributed by atoms with Crippen LogP contribution in [-0.4, -0.2) is 141 Å². The fourth-order valence-electron chi connectivity index (χ4n) is 6.33. The maximum Gasteiger partial charge on any atom is 0.387 e. The Kier molecular flexibility index (Phi) is 10.9. The lowest BCUT2D eigenvalue weighted by Crippen LogP contribution is -2.55. The number of nitrogens with zero attached hydrogens (tertiary/aromatic N) is 9. The highest BCUT2D eigenvalue weighted by molar-refractivity contribution is 7.98. The van der Waals surface area contributed by atoms with Crippen molar-refractivity contribution in [3.05, 3.63) is 54.6 Å². The number of piperidine rings is 1. The Morgan fingerprint density at radius 3 is 2.54 bits per heavy atom. The molecular weight excluding hydrogens is 670 g/mol. The van der Waals surface area contributed by atoms with E-state index in [1.54, 1.807) is 49.6 Å². The number of fused-ring (bicyclic) bond motifs is 1. The molecule has 0 bridgehead atoms. The quantitative estimate of drug-likeness (QED) is 0.232. The zero-order chi connectivity index (χ0) is 35.4. The van der Waals surface area contributed by atoms with Crippen LogP contribution < -0.4 is 10.1 Å². The zero-order valence-corrected chi connectivity index (χ0v) is 29.0. The van der Waals surface area contributed by atoms with Gasteiger partial charge in [-0.05, 0) is 43.4 Å². The zero-order valence-electron chi connectivity index (χ0n) is 28.2. The Balaban J connectivity index is 1.16. The largest absolute Gasteiger partial charge is 0.434 e. The second-order valence-electron chi connectivity index (χ2n) is 12.4. The molecule has 6 rings (SSSR count). The van der Waals surface area contributed by atoms with Crippen LogP contribution in [0.4, 0.5) is 14.5 Å². The van der Waals surface area contributed by atoms with Crippen molar-refractivity contribution in [2.24, 2.45) is 0 Å². The summed E-state index contributed by atoms with van der Waals surface area (Å²) in [5.74, 6) is -0.690. The van der Waals surface area contributed by atoms with E-state index in [4.69, 9.17) is 4.74 Å². The van der Waals surface area contributed by atoms with Crippen molar-refractivity contribution in [2.75, 3.05) is 71.5 Å². The molecule has 0 aliphatic carbocycles. The third-order valence-electron chi connectivity index (χ3n) is 9.09. The van der Waals surface area contributed by atoms with Crippen molar-refractivity contribution in [3.63, 3.8) is 0 Å². The Bertz CT molecular complexity index is 1830. The summed E-state index contributed by atoms with van der Waals surface area (Å²) in [5, 5.41) is 11.6. The number of carbonyl (C=O) groups excluding carboxylic acids is 3. The first-order valence-electron chi connectivity index (χ1n) is 16.3. The van der Waals surface area contributed by atoms with Gasteiger partial charge in [-0.1, -0.05) is 0 Å². The predicted molar refractivity (Wildman–Crippen MR) is 183 cm³/mol. The molecule has 1 N–H and O–H groups in total. The molecule has 0 spiro atoms. The summed E-state index contributed by atoms with van der Waals surface area (Å²) in [4.78, 5) is 52.2. The van der Waals surface area contributed by atoms with Gasteiger partial charge in [0.15, 0.2) is 5.65 Å². The van der Waals surface area contributed by atoms with Crippen molar-refractivity contribution in [1.29, 1.82) is 0 Å². The van der Waals surface area contributed by atoms with E-state index in [1.165, 1.54) is 39.4 Å². The molecule has 0 saturated carbocycles. The van der Waals surface area contributed by atoms with Crippen LogP contribution in [0.25, 0.3) is 16.9 Å². The smallest absolute Gasteiger partial charge is 0.387 e. The summed E-state index contributed by atoms with van der Waals surface area (Å²) >= 11 is 1.41. The first-order chi connectivity index (χ1) is 24.1. The van der Waals surface area contributed by atoms with E-state index < -0.39 is 12.5 Å². The molecule has 2 fully saturated rings. The second-order valence-corrected chi connectivity index (χ2v) is 13.3. The summed E-state index contributed by atoms with van der Waals surface area (Å²) in [6.45, 7) is 1.82. The Morgan fingerprint density at radius 2 is 1.84 bits per heavy atom. The summed E-state index contributed by atoms with van der Waals surface area (Å²) in [6, 6.07) is 6.80. The Morgan fingerprint density at radius 1 is 1.08 bits per heavy atom. The van der Waals surface area contributed by atoms with Crippen molar-refractivity contribution in [3.8, 4) is 17.0 Å². The SMILES string of the molecule is CSc1ccc(OC(F)F)c(-c2nn(CC(=O)N3CCC(N4CCN(CC(=O)N(C)C)CC4)CC3)cc2NC(=O)c2cnn3cccnc23)c1. The van der Waals surface area contributed by atoms with Crippen molar-refractivity contribution in [2.45, 2.75) is 36.9 Å². The maximum atomic E-state index is 13.6. The van der Waals surface area contributed by atoms with Crippen molar-refractivity contribution in [1.82, 2.24) is 44.0 Å². The number of thioether (sulfide) groups is 1. The fourth-order valence-corrected chi connectivity index (χ4v) is 6.77. The van der Waals surface area contributed by atoms with Crippen LogP contribution in [0.15, 0.2) is 53.9 Å². The molecule has 14 nitrogen and oxygen atoms in total. The number of alkyl halides is 2. The summed E-state index contributed by atoms with van der Waals surface area (Å²) in [5.41, 5.74) is 1.16. The number of benzene rings is 1. The van der Waals surface area contributed by atoms with Crippen LogP contribution in [0.3, 0.4) is 0 Å². The lowest BCUT2D eigenvalue weighted by atomic mass is 10.0. The normalized spacial score (nSPS) is 16.2. The number of carbonyl (C=O) groups is 3. The first-order valence-corrected chi connectivity index (χ1v) is 17.6. The van der Waals surface area contributed by atoms with Gasteiger partial charge in [-0.25, -0.2) is 9.50 Å². The monoisotopic (exact) mass is 710 g/mol. The van der Waals surface area contributed by atoms with E-state index in [1.807, 2.05) is 11.2 Å². The number of nitrogens with one attached hydrogen (secondary N) is 1. The number of likely N-dealkylation sites (N-methyl/N-ethyl adjacent to an activating group) is 1. The molecule has 5 heterocycles.